The molecule has 3 aromatic rings. The van der Waals surface area contributed by atoms with E-state index in [2.05, 4.69) is 10.2 Å². The summed E-state index contributed by atoms with van der Waals surface area (Å²) in [7, 11) is 1.74. The van der Waals surface area contributed by atoms with Gasteiger partial charge >= 0.3 is 5.97 Å². The number of nitrogens with zero attached hydrogens (tertiary/aromatic N) is 4. The number of para-hydroxylation sites is 1. The molecule has 10 heteroatoms. The van der Waals surface area contributed by atoms with Crippen LogP contribution in [0, 0.1) is 17.0 Å². The van der Waals surface area contributed by atoms with E-state index in [0.29, 0.717) is 15.8 Å². The number of carbonyl (C=O) groups is 1. The average Bonchev–Trinajstić information content (AvgIpc) is 3.11. The molecule has 0 atom stereocenters. The molecule has 9 nitrogen and oxygen atoms in total. The number of rotatable bonds is 8. The van der Waals surface area contributed by atoms with Crippen molar-refractivity contribution in [3.05, 3.63) is 70.0 Å². The van der Waals surface area contributed by atoms with Crippen molar-refractivity contribution in [1.82, 2.24) is 14.8 Å². The van der Waals surface area contributed by atoms with Crippen LogP contribution in [-0.2, 0) is 11.8 Å². The van der Waals surface area contributed by atoms with Crippen LogP contribution in [0.1, 0.15) is 15.9 Å². The van der Waals surface area contributed by atoms with E-state index in [9.17, 15) is 14.9 Å². The van der Waals surface area contributed by atoms with Crippen LogP contribution in [0.4, 0.5) is 5.69 Å². The van der Waals surface area contributed by atoms with E-state index in [1.165, 1.54) is 24.5 Å². The van der Waals surface area contributed by atoms with E-state index < -0.39 is 10.9 Å². The van der Waals surface area contributed by atoms with Crippen molar-refractivity contribution in [3.63, 3.8) is 0 Å². The zero-order valence-corrected chi connectivity index (χ0v) is 16.6. The first-order valence-corrected chi connectivity index (χ1v) is 9.43. The summed E-state index contributed by atoms with van der Waals surface area (Å²) in [4.78, 5) is 23.5. The van der Waals surface area contributed by atoms with Crippen molar-refractivity contribution in [1.29, 1.82) is 0 Å². The Morgan fingerprint density at radius 3 is 2.72 bits per heavy atom. The maximum absolute atomic E-state index is 12.2. The zero-order valence-electron chi connectivity index (χ0n) is 15.8. The Hall–Kier alpha value is -3.40. The fraction of sp³-hybridized carbons (Fsp3) is 0.211. The van der Waals surface area contributed by atoms with Crippen LogP contribution >= 0.6 is 11.8 Å². The number of nitro groups is 1. The van der Waals surface area contributed by atoms with Crippen LogP contribution in [0.3, 0.4) is 0 Å². The zero-order chi connectivity index (χ0) is 20.8. The highest BCUT2D eigenvalue weighted by Gasteiger charge is 2.20. The molecule has 0 saturated carbocycles. The van der Waals surface area contributed by atoms with Crippen LogP contribution in [0.25, 0.3) is 0 Å². The van der Waals surface area contributed by atoms with Gasteiger partial charge < -0.3 is 14.0 Å². The number of nitro benzene ring substituents is 1. The number of hydrogen-bond donors (Lipinski definition) is 0. The number of aryl methyl sites for hydroxylation is 2. The van der Waals surface area contributed by atoms with Gasteiger partial charge in [-0.15, -0.1) is 10.2 Å². The topological polar surface area (TPSA) is 109 Å². The second kappa shape index (κ2) is 9.20. The third-order valence-corrected chi connectivity index (χ3v) is 5.05. The molecule has 0 aliphatic carbocycles. The third-order valence-electron chi connectivity index (χ3n) is 3.93. The lowest BCUT2D eigenvalue weighted by Crippen LogP contribution is -2.13. The van der Waals surface area contributed by atoms with Crippen LogP contribution in [0.15, 0.2) is 58.8 Å². The average molecular weight is 414 g/mol. The van der Waals surface area contributed by atoms with Gasteiger partial charge in [-0.2, -0.15) is 0 Å². The lowest BCUT2D eigenvalue weighted by molar-refractivity contribution is -0.387. The summed E-state index contributed by atoms with van der Waals surface area (Å²) < 4.78 is 12.4. The second-order valence-corrected chi connectivity index (χ2v) is 7.03. The largest absolute Gasteiger partial charge is 0.490 e. The van der Waals surface area contributed by atoms with E-state index in [0.717, 1.165) is 17.3 Å². The predicted molar refractivity (Wildman–Crippen MR) is 105 cm³/mol. The van der Waals surface area contributed by atoms with Gasteiger partial charge in [0, 0.05) is 13.1 Å². The van der Waals surface area contributed by atoms with Gasteiger partial charge in [0.15, 0.2) is 5.16 Å². The molecule has 0 N–H and O–H groups in total. The normalized spacial score (nSPS) is 10.6. The highest BCUT2D eigenvalue weighted by molar-refractivity contribution is 7.99. The lowest BCUT2D eigenvalue weighted by Gasteiger charge is -2.10. The molecule has 1 heterocycles. The number of ether oxygens (including phenoxy) is 2. The molecule has 3 rings (SSSR count). The number of carbonyl (C=O) groups excluding carboxylic acids is 1. The first-order chi connectivity index (χ1) is 14.0. The molecule has 0 aliphatic heterocycles. The fourth-order valence-electron chi connectivity index (χ4n) is 2.42. The molecule has 0 unspecified atom stereocenters. The summed E-state index contributed by atoms with van der Waals surface area (Å²) in [6, 6.07) is 11.7. The van der Waals surface area contributed by atoms with Crippen LogP contribution in [0.5, 0.6) is 5.75 Å². The first kappa shape index (κ1) is 20.3. The molecule has 0 spiro atoms. The molecular formula is C19H18N4O5S. The Balaban J connectivity index is 1.63. The first-order valence-electron chi connectivity index (χ1n) is 8.61. The Labute approximate surface area is 170 Å². The molecule has 0 amide bonds. The highest BCUT2D eigenvalue weighted by Crippen LogP contribution is 2.34. The molecule has 0 radical (unpaired) electrons. The molecule has 1 aromatic heterocycles. The van der Waals surface area contributed by atoms with E-state index >= 15 is 0 Å². The minimum Gasteiger partial charge on any atom is -0.490 e. The number of aromatic nitrogens is 3. The predicted octanol–water partition coefficient (Wildman–Crippen LogP) is 3.42. The van der Waals surface area contributed by atoms with Crippen molar-refractivity contribution >= 4 is 23.4 Å². The second-order valence-electron chi connectivity index (χ2n) is 6.02. The van der Waals surface area contributed by atoms with Gasteiger partial charge in [-0.3, -0.25) is 10.1 Å². The molecule has 2 aromatic carbocycles. The SMILES string of the molecule is Cc1ccccc1OCCOC(=O)c1ccc(Sc2nncn2C)c([N+](=O)[O-])c1. The molecular weight excluding hydrogens is 396 g/mol. The maximum Gasteiger partial charge on any atom is 0.338 e. The highest BCUT2D eigenvalue weighted by atomic mass is 32.2. The van der Waals surface area contributed by atoms with Gasteiger partial charge in [0.2, 0.25) is 0 Å². The molecule has 29 heavy (non-hydrogen) atoms. The van der Waals surface area contributed by atoms with Gasteiger partial charge in [-0.1, -0.05) is 18.2 Å². The van der Waals surface area contributed by atoms with Gasteiger partial charge in [-0.25, -0.2) is 4.79 Å². The van der Waals surface area contributed by atoms with E-state index in [1.807, 2.05) is 31.2 Å². The maximum atomic E-state index is 12.2. The molecule has 0 bridgehead atoms. The smallest absolute Gasteiger partial charge is 0.338 e. The summed E-state index contributed by atoms with van der Waals surface area (Å²) in [5.41, 5.74) is 0.865. The van der Waals surface area contributed by atoms with E-state index in [-0.39, 0.29) is 24.5 Å². The van der Waals surface area contributed by atoms with Crippen LogP contribution < -0.4 is 4.74 Å². The van der Waals surface area contributed by atoms with Gasteiger partial charge in [0.05, 0.1) is 15.4 Å². The number of hydrogen-bond acceptors (Lipinski definition) is 8. The minimum atomic E-state index is -0.656. The Morgan fingerprint density at radius 2 is 2.03 bits per heavy atom. The van der Waals surface area contributed by atoms with Gasteiger partial charge in [0.25, 0.3) is 5.69 Å². The summed E-state index contributed by atoms with van der Waals surface area (Å²) >= 11 is 1.09. The molecule has 150 valence electrons. The summed E-state index contributed by atoms with van der Waals surface area (Å²) in [5, 5.41) is 19.6. The summed E-state index contributed by atoms with van der Waals surface area (Å²) in [6.45, 7) is 2.12. The van der Waals surface area contributed by atoms with Crippen molar-refractivity contribution in [3.8, 4) is 5.75 Å². The third kappa shape index (κ3) is 5.11. The van der Waals surface area contributed by atoms with E-state index in [4.69, 9.17) is 9.47 Å². The summed E-state index contributed by atoms with van der Waals surface area (Å²) in [6.07, 6.45) is 1.50. The van der Waals surface area contributed by atoms with Gasteiger partial charge in [-0.05, 0) is 42.4 Å². The Bertz CT molecular complexity index is 1040. The molecule has 0 saturated heterocycles. The quantitative estimate of drug-likeness (QED) is 0.239. The lowest BCUT2D eigenvalue weighted by atomic mass is 10.2. The minimum absolute atomic E-state index is 0.0242. The monoisotopic (exact) mass is 414 g/mol. The van der Waals surface area contributed by atoms with Crippen molar-refractivity contribution in [2.24, 2.45) is 7.05 Å². The van der Waals surface area contributed by atoms with Gasteiger partial charge in [0.1, 0.15) is 25.3 Å². The molecule has 0 fully saturated rings. The summed E-state index contributed by atoms with van der Waals surface area (Å²) in [5.74, 6) is 0.0565. The molecule has 0 aliphatic rings. The standard InChI is InChI=1S/C19H18N4O5S/c1-13-5-3-4-6-16(13)27-9-10-28-18(24)14-7-8-17(15(11-14)23(25)26)29-19-21-20-12-22(19)2/h3-8,11-12H,9-10H2,1-2H3. The van der Waals surface area contributed by atoms with Crippen LogP contribution in [0.2, 0.25) is 0 Å². The Kier molecular flexibility index (Phi) is 6.45. The van der Waals surface area contributed by atoms with Crippen molar-refractivity contribution < 1.29 is 19.2 Å². The van der Waals surface area contributed by atoms with Crippen molar-refractivity contribution in [2.45, 2.75) is 17.0 Å². The number of benzene rings is 2. The van der Waals surface area contributed by atoms with Crippen molar-refractivity contribution in [2.75, 3.05) is 13.2 Å². The van der Waals surface area contributed by atoms with E-state index in [1.54, 1.807) is 11.6 Å². The number of esters is 1. The Morgan fingerprint density at radius 1 is 1.24 bits per heavy atom. The fourth-order valence-corrected chi connectivity index (χ4v) is 3.27. The van der Waals surface area contributed by atoms with Crippen LogP contribution in [-0.4, -0.2) is 38.9 Å².